The molecule has 27 heavy (non-hydrogen) atoms. The standard InChI is InChI=1S/C20H19NO6/c1-12(22)7-8-20(24)26-11-19(23)21-15-10-17-14(9-18(15)25-2)13-5-3-4-6-16(13)27-17/h3-6,9-10H,7-8,11H2,1-2H3,(H,21,23). The molecule has 3 rings (SSSR count). The van der Waals surface area contributed by atoms with E-state index in [1.54, 1.807) is 12.1 Å². The Balaban J connectivity index is 1.74. The molecule has 0 aliphatic heterocycles. The van der Waals surface area contributed by atoms with Crippen molar-refractivity contribution in [2.75, 3.05) is 19.0 Å². The Labute approximate surface area is 155 Å². The SMILES string of the molecule is COc1cc2c(cc1NC(=O)COC(=O)CCC(C)=O)oc1ccccc12. The van der Waals surface area contributed by atoms with Gasteiger partial charge in [-0.15, -0.1) is 0 Å². The number of Topliss-reactive ketones (excluding diaryl/α,β-unsaturated/α-hetero) is 1. The molecule has 0 spiro atoms. The third-order valence-electron chi connectivity index (χ3n) is 4.02. The fraction of sp³-hybridized carbons (Fsp3) is 0.250. The molecule has 0 aliphatic carbocycles. The van der Waals surface area contributed by atoms with E-state index < -0.39 is 18.5 Å². The zero-order chi connectivity index (χ0) is 19.4. The van der Waals surface area contributed by atoms with Crippen LogP contribution in [0.3, 0.4) is 0 Å². The third-order valence-corrected chi connectivity index (χ3v) is 4.02. The minimum Gasteiger partial charge on any atom is -0.495 e. The second-order valence-electron chi connectivity index (χ2n) is 6.06. The molecule has 0 atom stereocenters. The summed E-state index contributed by atoms with van der Waals surface area (Å²) in [6, 6.07) is 11.1. The van der Waals surface area contributed by atoms with Crippen molar-refractivity contribution < 1.29 is 28.3 Å². The summed E-state index contributed by atoms with van der Waals surface area (Å²) in [6.45, 7) is 0.943. The maximum Gasteiger partial charge on any atom is 0.306 e. The average Bonchev–Trinajstić information content (AvgIpc) is 3.01. The highest BCUT2D eigenvalue weighted by Crippen LogP contribution is 2.36. The lowest BCUT2D eigenvalue weighted by molar-refractivity contribution is -0.148. The van der Waals surface area contributed by atoms with Gasteiger partial charge in [-0.3, -0.25) is 9.59 Å². The first-order valence-corrected chi connectivity index (χ1v) is 8.42. The zero-order valence-electron chi connectivity index (χ0n) is 15.0. The fourth-order valence-electron chi connectivity index (χ4n) is 2.70. The molecule has 140 valence electrons. The van der Waals surface area contributed by atoms with Crippen molar-refractivity contribution in [3.63, 3.8) is 0 Å². The topological polar surface area (TPSA) is 94.8 Å². The molecule has 0 radical (unpaired) electrons. The number of carbonyl (C=O) groups is 3. The number of furan rings is 1. The van der Waals surface area contributed by atoms with Crippen LogP contribution in [0.15, 0.2) is 40.8 Å². The lowest BCUT2D eigenvalue weighted by atomic mass is 10.1. The molecule has 7 heteroatoms. The van der Waals surface area contributed by atoms with Crippen LogP contribution in [0.5, 0.6) is 5.75 Å². The van der Waals surface area contributed by atoms with Gasteiger partial charge in [0.2, 0.25) is 0 Å². The lowest BCUT2D eigenvalue weighted by Crippen LogP contribution is -2.21. The van der Waals surface area contributed by atoms with Crippen LogP contribution >= 0.6 is 0 Å². The van der Waals surface area contributed by atoms with Crippen LogP contribution in [0.25, 0.3) is 21.9 Å². The van der Waals surface area contributed by atoms with Crippen molar-refractivity contribution in [1.82, 2.24) is 0 Å². The number of hydrogen-bond acceptors (Lipinski definition) is 6. The Kier molecular flexibility index (Phi) is 5.40. The Bertz CT molecular complexity index is 1020. The molecule has 1 amide bonds. The second-order valence-corrected chi connectivity index (χ2v) is 6.06. The molecule has 0 saturated carbocycles. The number of ether oxygens (including phenoxy) is 2. The molecule has 3 aromatic rings. The van der Waals surface area contributed by atoms with Crippen molar-refractivity contribution in [3.05, 3.63) is 36.4 Å². The van der Waals surface area contributed by atoms with E-state index in [0.29, 0.717) is 17.0 Å². The first-order valence-electron chi connectivity index (χ1n) is 8.42. The van der Waals surface area contributed by atoms with Crippen LogP contribution in [0.2, 0.25) is 0 Å². The van der Waals surface area contributed by atoms with Crippen molar-refractivity contribution >= 4 is 45.3 Å². The summed E-state index contributed by atoms with van der Waals surface area (Å²) in [5, 5.41) is 4.47. The first-order chi connectivity index (χ1) is 13.0. The van der Waals surface area contributed by atoms with Gasteiger partial charge in [0, 0.05) is 23.3 Å². The molecular weight excluding hydrogens is 350 g/mol. The number of anilines is 1. The number of benzene rings is 2. The molecule has 0 unspecified atom stereocenters. The third kappa shape index (κ3) is 4.25. The van der Waals surface area contributed by atoms with Gasteiger partial charge in [0.15, 0.2) is 6.61 Å². The highest BCUT2D eigenvalue weighted by molar-refractivity contribution is 6.07. The number of hydrogen-bond donors (Lipinski definition) is 1. The summed E-state index contributed by atoms with van der Waals surface area (Å²) in [5.41, 5.74) is 1.75. The molecule has 1 heterocycles. The molecule has 0 saturated heterocycles. The van der Waals surface area contributed by atoms with Gasteiger partial charge in [-0.2, -0.15) is 0 Å². The predicted molar refractivity (Wildman–Crippen MR) is 99.8 cm³/mol. The quantitative estimate of drug-likeness (QED) is 0.641. The number of methoxy groups -OCH3 is 1. The van der Waals surface area contributed by atoms with Crippen molar-refractivity contribution in [2.45, 2.75) is 19.8 Å². The Morgan fingerprint density at radius 2 is 1.81 bits per heavy atom. The zero-order valence-corrected chi connectivity index (χ0v) is 15.0. The number of esters is 1. The van der Waals surface area contributed by atoms with Crippen LogP contribution in [0.4, 0.5) is 5.69 Å². The van der Waals surface area contributed by atoms with Gasteiger partial charge in [0.25, 0.3) is 5.91 Å². The van der Waals surface area contributed by atoms with Gasteiger partial charge >= 0.3 is 5.97 Å². The molecule has 1 aromatic heterocycles. The smallest absolute Gasteiger partial charge is 0.306 e. The lowest BCUT2D eigenvalue weighted by Gasteiger charge is -2.10. The summed E-state index contributed by atoms with van der Waals surface area (Å²) in [5.74, 6) is -0.759. The normalized spacial score (nSPS) is 10.7. The number of carbonyl (C=O) groups excluding carboxylic acids is 3. The number of nitrogens with one attached hydrogen (secondary N) is 1. The largest absolute Gasteiger partial charge is 0.495 e. The molecule has 0 fully saturated rings. The maximum absolute atomic E-state index is 12.1. The van der Waals surface area contributed by atoms with E-state index in [0.717, 1.165) is 16.4 Å². The van der Waals surface area contributed by atoms with Gasteiger partial charge in [0.05, 0.1) is 19.2 Å². The van der Waals surface area contributed by atoms with Crippen molar-refractivity contribution in [2.24, 2.45) is 0 Å². The van der Waals surface area contributed by atoms with Gasteiger partial charge < -0.3 is 24.0 Å². The predicted octanol–water partition coefficient (Wildman–Crippen LogP) is 3.45. The van der Waals surface area contributed by atoms with Gasteiger partial charge in [-0.1, -0.05) is 18.2 Å². The Morgan fingerprint density at radius 1 is 1.04 bits per heavy atom. The molecular formula is C20H19NO6. The van der Waals surface area contributed by atoms with Crippen molar-refractivity contribution in [1.29, 1.82) is 0 Å². The molecule has 0 bridgehead atoms. The number of ketones is 1. The average molecular weight is 369 g/mol. The Morgan fingerprint density at radius 3 is 2.56 bits per heavy atom. The summed E-state index contributed by atoms with van der Waals surface area (Å²) >= 11 is 0. The van der Waals surface area contributed by atoms with Gasteiger partial charge in [-0.25, -0.2) is 0 Å². The minimum absolute atomic E-state index is 0.0448. The maximum atomic E-state index is 12.1. The van der Waals surface area contributed by atoms with E-state index in [4.69, 9.17) is 13.9 Å². The van der Waals surface area contributed by atoms with E-state index in [2.05, 4.69) is 5.32 Å². The van der Waals surface area contributed by atoms with E-state index in [1.165, 1.54) is 14.0 Å². The molecule has 1 N–H and O–H groups in total. The number of rotatable bonds is 7. The second kappa shape index (κ2) is 7.90. The van der Waals surface area contributed by atoms with Crippen LogP contribution in [0.1, 0.15) is 19.8 Å². The van der Waals surface area contributed by atoms with Gasteiger partial charge in [-0.05, 0) is 19.1 Å². The number of para-hydroxylation sites is 1. The molecule has 7 nitrogen and oxygen atoms in total. The highest BCUT2D eigenvalue weighted by Gasteiger charge is 2.15. The molecule has 2 aromatic carbocycles. The molecule has 0 aliphatic rings. The van der Waals surface area contributed by atoms with Crippen LogP contribution < -0.4 is 10.1 Å². The van der Waals surface area contributed by atoms with E-state index in [1.807, 2.05) is 24.3 Å². The summed E-state index contributed by atoms with van der Waals surface area (Å²) < 4.78 is 16.0. The van der Waals surface area contributed by atoms with Crippen LogP contribution in [0, 0.1) is 0 Å². The minimum atomic E-state index is -0.597. The fourth-order valence-corrected chi connectivity index (χ4v) is 2.70. The van der Waals surface area contributed by atoms with E-state index in [9.17, 15) is 14.4 Å². The summed E-state index contributed by atoms with van der Waals surface area (Å²) in [4.78, 5) is 34.5. The summed E-state index contributed by atoms with van der Waals surface area (Å²) in [6.07, 6.45) is 0.0495. The number of fused-ring (bicyclic) bond motifs is 3. The van der Waals surface area contributed by atoms with E-state index >= 15 is 0 Å². The highest BCUT2D eigenvalue weighted by atomic mass is 16.5. The first kappa shape index (κ1) is 18.4. The summed E-state index contributed by atoms with van der Waals surface area (Å²) in [7, 11) is 1.50. The Hall–Kier alpha value is -3.35. The van der Waals surface area contributed by atoms with Crippen LogP contribution in [-0.2, 0) is 19.1 Å². The van der Waals surface area contributed by atoms with Crippen molar-refractivity contribution in [3.8, 4) is 5.75 Å². The number of amides is 1. The monoisotopic (exact) mass is 369 g/mol. The van der Waals surface area contributed by atoms with E-state index in [-0.39, 0.29) is 18.6 Å². The van der Waals surface area contributed by atoms with Crippen LogP contribution in [-0.4, -0.2) is 31.4 Å². The van der Waals surface area contributed by atoms with Gasteiger partial charge in [0.1, 0.15) is 22.7 Å².